The van der Waals surface area contributed by atoms with E-state index in [9.17, 15) is 9.90 Å². The van der Waals surface area contributed by atoms with E-state index in [1.807, 2.05) is 18.2 Å². The molecule has 1 amide bonds. The molecule has 0 radical (unpaired) electrons. The fourth-order valence-electron chi connectivity index (χ4n) is 1.98. The molecule has 16 heavy (non-hydrogen) atoms. The number of hydrogen-bond acceptors (Lipinski definition) is 3. The van der Waals surface area contributed by atoms with Gasteiger partial charge in [0.2, 0.25) is 0 Å². The molecule has 4 heteroatoms. The van der Waals surface area contributed by atoms with Gasteiger partial charge in [-0.2, -0.15) is 0 Å². The van der Waals surface area contributed by atoms with E-state index < -0.39 is 5.60 Å². The average molecular weight is 220 g/mol. The van der Waals surface area contributed by atoms with Crippen LogP contribution in [0.4, 0.5) is 5.69 Å². The first-order valence-corrected chi connectivity index (χ1v) is 5.32. The number of benzene rings is 1. The highest BCUT2D eigenvalue weighted by Crippen LogP contribution is 2.24. The molecule has 0 aliphatic carbocycles. The lowest BCUT2D eigenvalue weighted by Crippen LogP contribution is -2.61. The van der Waals surface area contributed by atoms with Crippen LogP contribution in [0.15, 0.2) is 24.3 Å². The molecule has 0 bridgehead atoms. The second kappa shape index (κ2) is 3.79. The summed E-state index contributed by atoms with van der Waals surface area (Å²) in [5.74, 6) is -0.0310. The predicted octanol–water partition coefficient (Wildman–Crippen LogP) is 0.935. The smallest absolute Gasteiger partial charge is 0.256 e. The van der Waals surface area contributed by atoms with Crippen molar-refractivity contribution in [3.63, 3.8) is 0 Å². The molecule has 1 aromatic rings. The Morgan fingerprint density at radius 1 is 1.44 bits per heavy atom. The van der Waals surface area contributed by atoms with Crippen molar-refractivity contribution in [2.75, 3.05) is 25.5 Å². The Kier molecular flexibility index (Phi) is 2.59. The van der Waals surface area contributed by atoms with E-state index >= 15 is 0 Å². The lowest BCUT2D eigenvalue weighted by atomic mass is 9.95. The van der Waals surface area contributed by atoms with Gasteiger partial charge in [0.15, 0.2) is 0 Å². The second-order valence-corrected chi connectivity index (χ2v) is 4.45. The van der Waals surface area contributed by atoms with Crippen LogP contribution in [0, 0.1) is 0 Å². The van der Waals surface area contributed by atoms with Crippen LogP contribution in [-0.2, 0) is 0 Å². The number of hydrogen-bond donors (Lipinski definition) is 2. The second-order valence-electron chi connectivity index (χ2n) is 4.45. The first-order chi connectivity index (χ1) is 7.53. The summed E-state index contributed by atoms with van der Waals surface area (Å²) >= 11 is 0. The molecular formula is C12H16N2O2. The first kappa shape index (κ1) is 11.0. The predicted molar refractivity (Wildman–Crippen MR) is 62.5 cm³/mol. The van der Waals surface area contributed by atoms with Gasteiger partial charge in [0, 0.05) is 12.7 Å². The largest absolute Gasteiger partial charge is 0.387 e. The molecule has 0 spiro atoms. The molecule has 1 aromatic carbocycles. The monoisotopic (exact) mass is 220 g/mol. The molecule has 2 rings (SSSR count). The SMILES string of the molecule is CNc1ccccc1C(=O)N1CC(C)(O)C1. The Morgan fingerprint density at radius 2 is 2.06 bits per heavy atom. The van der Waals surface area contributed by atoms with Crippen molar-refractivity contribution >= 4 is 11.6 Å². The molecule has 0 atom stereocenters. The lowest BCUT2D eigenvalue weighted by molar-refractivity contribution is -0.0668. The summed E-state index contributed by atoms with van der Waals surface area (Å²) in [6.07, 6.45) is 0. The minimum atomic E-state index is -0.718. The first-order valence-electron chi connectivity index (χ1n) is 5.32. The summed E-state index contributed by atoms with van der Waals surface area (Å²) in [5.41, 5.74) is 0.754. The molecule has 1 saturated heterocycles. The van der Waals surface area contributed by atoms with Crippen LogP contribution in [0.5, 0.6) is 0 Å². The van der Waals surface area contributed by atoms with Crippen molar-refractivity contribution in [1.82, 2.24) is 4.90 Å². The standard InChI is InChI=1S/C12H16N2O2/c1-12(16)7-14(8-12)11(15)9-5-3-4-6-10(9)13-2/h3-6,13,16H,7-8H2,1-2H3. The molecule has 0 aromatic heterocycles. The maximum absolute atomic E-state index is 12.1. The van der Waals surface area contributed by atoms with E-state index in [0.29, 0.717) is 18.7 Å². The Balaban J connectivity index is 2.16. The fourth-order valence-corrected chi connectivity index (χ4v) is 1.98. The molecule has 2 N–H and O–H groups in total. The van der Waals surface area contributed by atoms with Crippen LogP contribution in [0.2, 0.25) is 0 Å². The Hall–Kier alpha value is -1.55. The van der Waals surface area contributed by atoms with Crippen molar-refractivity contribution in [3.8, 4) is 0 Å². The summed E-state index contributed by atoms with van der Waals surface area (Å²) < 4.78 is 0. The number of anilines is 1. The Bertz CT molecular complexity index is 407. The maximum atomic E-state index is 12.1. The van der Waals surface area contributed by atoms with Gasteiger partial charge in [-0.3, -0.25) is 4.79 Å². The van der Waals surface area contributed by atoms with Gasteiger partial charge >= 0.3 is 0 Å². The highest BCUT2D eigenvalue weighted by molar-refractivity contribution is 6.00. The molecular weight excluding hydrogens is 204 g/mol. The van der Waals surface area contributed by atoms with E-state index in [4.69, 9.17) is 0 Å². The van der Waals surface area contributed by atoms with Gasteiger partial charge in [0.05, 0.1) is 24.3 Å². The quantitative estimate of drug-likeness (QED) is 0.779. The zero-order valence-corrected chi connectivity index (χ0v) is 9.53. The van der Waals surface area contributed by atoms with Gasteiger partial charge in [0.1, 0.15) is 0 Å². The number of β-amino-alcohol motifs (C(OH)–C–C–N with tert-alkyl or cyclic N) is 1. The van der Waals surface area contributed by atoms with Crippen LogP contribution in [0.3, 0.4) is 0 Å². The van der Waals surface area contributed by atoms with Crippen molar-refractivity contribution in [3.05, 3.63) is 29.8 Å². The van der Waals surface area contributed by atoms with Gasteiger partial charge in [-0.1, -0.05) is 12.1 Å². The summed E-state index contributed by atoms with van der Waals surface area (Å²) in [6, 6.07) is 7.38. The number of carbonyl (C=O) groups excluding carboxylic acids is 1. The van der Waals surface area contributed by atoms with Crippen molar-refractivity contribution in [1.29, 1.82) is 0 Å². The van der Waals surface area contributed by atoms with Crippen molar-refractivity contribution in [2.45, 2.75) is 12.5 Å². The number of nitrogens with one attached hydrogen (secondary N) is 1. The number of nitrogens with zero attached hydrogens (tertiary/aromatic N) is 1. The normalized spacial score (nSPS) is 17.8. The van der Waals surface area contributed by atoms with E-state index in [1.54, 1.807) is 24.9 Å². The number of carbonyl (C=O) groups is 1. The Labute approximate surface area is 94.9 Å². The molecule has 0 unspecified atom stereocenters. The molecule has 86 valence electrons. The summed E-state index contributed by atoms with van der Waals surface area (Å²) in [5, 5.41) is 12.6. The molecule has 4 nitrogen and oxygen atoms in total. The molecule has 1 heterocycles. The molecule has 1 aliphatic heterocycles. The minimum Gasteiger partial charge on any atom is -0.387 e. The van der Waals surface area contributed by atoms with Gasteiger partial charge in [-0.25, -0.2) is 0 Å². The zero-order chi connectivity index (χ0) is 11.8. The summed E-state index contributed by atoms with van der Waals surface area (Å²) in [6.45, 7) is 2.55. The number of aliphatic hydroxyl groups is 1. The third kappa shape index (κ3) is 1.88. The molecule has 1 fully saturated rings. The van der Waals surface area contributed by atoms with Crippen molar-refractivity contribution < 1.29 is 9.90 Å². The topological polar surface area (TPSA) is 52.6 Å². The summed E-state index contributed by atoms with van der Waals surface area (Å²) in [7, 11) is 1.79. The lowest BCUT2D eigenvalue weighted by Gasteiger charge is -2.44. The average Bonchev–Trinajstić information content (AvgIpc) is 2.24. The third-order valence-electron chi connectivity index (χ3n) is 2.78. The number of likely N-dealkylation sites (tertiary alicyclic amines) is 1. The Morgan fingerprint density at radius 3 is 2.62 bits per heavy atom. The van der Waals surface area contributed by atoms with E-state index in [1.165, 1.54) is 0 Å². The van der Waals surface area contributed by atoms with Crippen LogP contribution in [-0.4, -0.2) is 41.7 Å². The van der Waals surface area contributed by atoms with Gasteiger partial charge < -0.3 is 15.3 Å². The van der Waals surface area contributed by atoms with Crippen LogP contribution in [0.25, 0.3) is 0 Å². The van der Waals surface area contributed by atoms with Crippen LogP contribution < -0.4 is 5.32 Å². The fraction of sp³-hybridized carbons (Fsp3) is 0.417. The van der Waals surface area contributed by atoms with Crippen LogP contribution >= 0.6 is 0 Å². The number of para-hydroxylation sites is 1. The zero-order valence-electron chi connectivity index (χ0n) is 9.53. The van der Waals surface area contributed by atoms with Gasteiger partial charge in [0.25, 0.3) is 5.91 Å². The third-order valence-corrected chi connectivity index (χ3v) is 2.78. The highest BCUT2D eigenvalue weighted by atomic mass is 16.3. The highest BCUT2D eigenvalue weighted by Gasteiger charge is 2.39. The molecule has 1 aliphatic rings. The van der Waals surface area contributed by atoms with E-state index in [2.05, 4.69) is 5.32 Å². The molecule has 0 saturated carbocycles. The minimum absolute atomic E-state index is 0.0310. The number of rotatable bonds is 2. The maximum Gasteiger partial charge on any atom is 0.256 e. The number of amides is 1. The van der Waals surface area contributed by atoms with Crippen LogP contribution in [0.1, 0.15) is 17.3 Å². The van der Waals surface area contributed by atoms with E-state index in [0.717, 1.165) is 5.69 Å². The van der Waals surface area contributed by atoms with Gasteiger partial charge in [-0.15, -0.1) is 0 Å². The van der Waals surface area contributed by atoms with E-state index in [-0.39, 0.29) is 5.91 Å². The van der Waals surface area contributed by atoms with Gasteiger partial charge in [-0.05, 0) is 19.1 Å². The summed E-state index contributed by atoms with van der Waals surface area (Å²) in [4.78, 5) is 13.7. The van der Waals surface area contributed by atoms with Crippen molar-refractivity contribution in [2.24, 2.45) is 0 Å².